The predicted molar refractivity (Wildman–Crippen MR) is 50.8 cm³/mol. The average molecular weight is 184 g/mol. The largest absolute Gasteiger partial charge is 0.233 e. The molecular formula is C10H8N4. The molecule has 0 N–H and O–H groups in total. The highest BCUT2D eigenvalue weighted by Crippen LogP contribution is 2.08. The minimum atomic E-state index is 0.598. The number of aromatic nitrogens is 3. The second-order valence-electron chi connectivity index (χ2n) is 2.86. The molecule has 68 valence electrons. The molecule has 0 fully saturated rings. The van der Waals surface area contributed by atoms with Crippen molar-refractivity contribution in [1.82, 2.24) is 14.8 Å². The fourth-order valence-electron chi connectivity index (χ4n) is 1.20. The van der Waals surface area contributed by atoms with Gasteiger partial charge in [-0.3, -0.25) is 0 Å². The van der Waals surface area contributed by atoms with Crippen LogP contribution < -0.4 is 0 Å². The topological polar surface area (TPSA) is 54.5 Å². The highest BCUT2D eigenvalue weighted by molar-refractivity contribution is 5.37. The Kier molecular flexibility index (Phi) is 1.99. The first kappa shape index (κ1) is 8.45. The molecule has 0 saturated carbocycles. The standard InChI is InChI=1S/C10H8N4/c1-8-9(7-11)3-4-10(13-8)14-6-2-5-12-14/h2-6H,1H3. The Bertz CT molecular complexity index is 479. The third kappa shape index (κ3) is 1.36. The van der Waals surface area contributed by atoms with E-state index in [1.165, 1.54) is 0 Å². The summed E-state index contributed by atoms with van der Waals surface area (Å²) < 4.78 is 1.66. The summed E-state index contributed by atoms with van der Waals surface area (Å²) in [4.78, 5) is 4.26. The van der Waals surface area contributed by atoms with Gasteiger partial charge >= 0.3 is 0 Å². The molecule has 0 aromatic carbocycles. The highest BCUT2D eigenvalue weighted by atomic mass is 15.3. The third-order valence-corrected chi connectivity index (χ3v) is 1.93. The third-order valence-electron chi connectivity index (χ3n) is 1.93. The number of nitrogens with zero attached hydrogens (tertiary/aromatic N) is 4. The number of aryl methyl sites for hydroxylation is 1. The van der Waals surface area contributed by atoms with E-state index in [1.54, 1.807) is 23.0 Å². The second kappa shape index (κ2) is 3.30. The minimum Gasteiger partial charge on any atom is -0.233 e. The van der Waals surface area contributed by atoms with Gasteiger partial charge in [0, 0.05) is 12.4 Å². The van der Waals surface area contributed by atoms with E-state index < -0.39 is 0 Å². The summed E-state index contributed by atoms with van der Waals surface area (Å²) in [6, 6.07) is 7.43. The monoisotopic (exact) mass is 184 g/mol. The van der Waals surface area contributed by atoms with Gasteiger partial charge in [-0.1, -0.05) is 0 Å². The van der Waals surface area contributed by atoms with E-state index in [2.05, 4.69) is 16.2 Å². The van der Waals surface area contributed by atoms with Gasteiger partial charge in [0.15, 0.2) is 5.82 Å². The lowest BCUT2D eigenvalue weighted by Gasteiger charge is -2.01. The van der Waals surface area contributed by atoms with Crippen LogP contribution in [0.25, 0.3) is 5.82 Å². The molecule has 0 spiro atoms. The molecule has 2 heterocycles. The number of hydrogen-bond acceptors (Lipinski definition) is 3. The lowest BCUT2D eigenvalue weighted by Crippen LogP contribution is -2.00. The molecule has 0 saturated heterocycles. The second-order valence-corrected chi connectivity index (χ2v) is 2.86. The van der Waals surface area contributed by atoms with Crippen molar-refractivity contribution in [2.75, 3.05) is 0 Å². The van der Waals surface area contributed by atoms with Gasteiger partial charge in [0.05, 0.1) is 11.3 Å². The van der Waals surface area contributed by atoms with Crippen LogP contribution >= 0.6 is 0 Å². The summed E-state index contributed by atoms with van der Waals surface area (Å²) >= 11 is 0. The molecule has 0 bridgehead atoms. The number of pyridine rings is 1. The maximum atomic E-state index is 8.73. The summed E-state index contributed by atoms with van der Waals surface area (Å²) in [7, 11) is 0. The smallest absolute Gasteiger partial charge is 0.153 e. The molecule has 2 aromatic rings. The van der Waals surface area contributed by atoms with Gasteiger partial charge in [-0.25, -0.2) is 9.67 Å². The quantitative estimate of drug-likeness (QED) is 0.674. The van der Waals surface area contributed by atoms with Gasteiger partial charge in [-0.15, -0.1) is 0 Å². The predicted octanol–water partition coefficient (Wildman–Crippen LogP) is 1.45. The van der Waals surface area contributed by atoms with Crippen molar-refractivity contribution in [1.29, 1.82) is 5.26 Å². The zero-order valence-corrected chi connectivity index (χ0v) is 7.68. The Balaban J connectivity index is 2.49. The van der Waals surface area contributed by atoms with Crippen molar-refractivity contribution in [2.45, 2.75) is 6.92 Å². The summed E-state index contributed by atoms with van der Waals surface area (Å²) in [5.74, 6) is 0.728. The fraction of sp³-hybridized carbons (Fsp3) is 0.100. The Labute approximate surface area is 81.4 Å². The molecule has 0 aliphatic carbocycles. The van der Waals surface area contributed by atoms with Crippen LogP contribution in [0.15, 0.2) is 30.6 Å². The zero-order valence-electron chi connectivity index (χ0n) is 7.68. The normalized spacial score (nSPS) is 9.71. The summed E-state index contributed by atoms with van der Waals surface area (Å²) in [5, 5.41) is 12.8. The fourth-order valence-corrected chi connectivity index (χ4v) is 1.20. The average Bonchev–Trinajstić information content (AvgIpc) is 2.70. The van der Waals surface area contributed by atoms with Crippen LogP contribution in [-0.2, 0) is 0 Å². The van der Waals surface area contributed by atoms with E-state index in [-0.39, 0.29) is 0 Å². The van der Waals surface area contributed by atoms with Crippen LogP contribution in [0.5, 0.6) is 0 Å². The van der Waals surface area contributed by atoms with Crippen LogP contribution in [0.1, 0.15) is 11.3 Å². The Hall–Kier alpha value is -2.15. The van der Waals surface area contributed by atoms with Crippen LogP contribution in [0.2, 0.25) is 0 Å². The Morgan fingerprint density at radius 3 is 2.86 bits per heavy atom. The van der Waals surface area contributed by atoms with Crippen molar-refractivity contribution in [3.63, 3.8) is 0 Å². The molecule has 0 amide bonds. The van der Waals surface area contributed by atoms with Gasteiger partial charge in [0.25, 0.3) is 0 Å². The van der Waals surface area contributed by atoms with Gasteiger partial charge in [-0.05, 0) is 25.1 Å². The molecule has 4 nitrogen and oxygen atoms in total. The van der Waals surface area contributed by atoms with Crippen molar-refractivity contribution in [2.24, 2.45) is 0 Å². The van der Waals surface area contributed by atoms with E-state index in [4.69, 9.17) is 5.26 Å². The van der Waals surface area contributed by atoms with Crippen LogP contribution in [0.3, 0.4) is 0 Å². The van der Waals surface area contributed by atoms with Crippen molar-refractivity contribution < 1.29 is 0 Å². The maximum Gasteiger partial charge on any atom is 0.153 e. The van der Waals surface area contributed by atoms with Gasteiger partial charge in [0.1, 0.15) is 6.07 Å². The van der Waals surface area contributed by atoms with Crippen LogP contribution in [0, 0.1) is 18.3 Å². The van der Waals surface area contributed by atoms with Crippen molar-refractivity contribution in [3.8, 4) is 11.9 Å². The van der Waals surface area contributed by atoms with E-state index >= 15 is 0 Å². The van der Waals surface area contributed by atoms with Crippen LogP contribution in [-0.4, -0.2) is 14.8 Å². The Morgan fingerprint density at radius 1 is 1.43 bits per heavy atom. The summed E-state index contributed by atoms with van der Waals surface area (Å²) in [6.07, 6.45) is 3.50. The van der Waals surface area contributed by atoms with Gasteiger partial charge < -0.3 is 0 Å². The van der Waals surface area contributed by atoms with Crippen molar-refractivity contribution >= 4 is 0 Å². The molecule has 0 aliphatic heterocycles. The molecular weight excluding hydrogens is 176 g/mol. The lowest BCUT2D eigenvalue weighted by atomic mass is 10.2. The van der Waals surface area contributed by atoms with E-state index in [0.717, 1.165) is 11.5 Å². The number of hydrogen-bond donors (Lipinski definition) is 0. The first-order valence-electron chi connectivity index (χ1n) is 4.19. The molecule has 0 aliphatic rings. The molecule has 14 heavy (non-hydrogen) atoms. The zero-order chi connectivity index (χ0) is 9.97. The first-order valence-corrected chi connectivity index (χ1v) is 4.19. The van der Waals surface area contributed by atoms with Gasteiger partial charge in [-0.2, -0.15) is 10.4 Å². The first-order chi connectivity index (χ1) is 6.81. The van der Waals surface area contributed by atoms with E-state index in [0.29, 0.717) is 5.56 Å². The SMILES string of the molecule is Cc1nc(-n2cccn2)ccc1C#N. The molecule has 2 aromatic heterocycles. The van der Waals surface area contributed by atoms with Crippen molar-refractivity contribution in [3.05, 3.63) is 41.9 Å². The van der Waals surface area contributed by atoms with Gasteiger partial charge in [0.2, 0.25) is 0 Å². The molecule has 0 atom stereocenters. The highest BCUT2D eigenvalue weighted by Gasteiger charge is 2.01. The summed E-state index contributed by atoms with van der Waals surface area (Å²) in [6.45, 7) is 1.81. The number of rotatable bonds is 1. The summed E-state index contributed by atoms with van der Waals surface area (Å²) in [5.41, 5.74) is 1.32. The minimum absolute atomic E-state index is 0.598. The molecule has 2 rings (SSSR count). The van der Waals surface area contributed by atoms with Crippen LogP contribution in [0.4, 0.5) is 0 Å². The Morgan fingerprint density at radius 2 is 2.29 bits per heavy atom. The van der Waals surface area contributed by atoms with E-state index in [9.17, 15) is 0 Å². The van der Waals surface area contributed by atoms with E-state index in [1.807, 2.05) is 19.2 Å². The molecule has 0 unspecified atom stereocenters. The lowest BCUT2D eigenvalue weighted by molar-refractivity contribution is 0.840. The molecule has 4 heteroatoms. The number of nitriles is 1. The molecule has 0 radical (unpaired) electrons. The maximum absolute atomic E-state index is 8.73.